The van der Waals surface area contributed by atoms with Crippen LogP contribution in [0.4, 0.5) is 4.39 Å². The summed E-state index contributed by atoms with van der Waals surface area (Å²) >= 11 is 0. The molecule has 0 aliphatic carbocycles. The largest absolute Gasteiger partial charge is 0.489 e. The molecule has 0 amide bonds. The second-order valence-corrected chi connectivity index (χ2v) is 4.42. The molecule has 0 aromatic heterocycles. The van der Waals surface area contributed by atoms with E-state index < -0.39 is 0 Å². The van der Waals surface area contributed by atoms with E-state index in [0.717, 1.165) is 5.57 Å². The highest BCUT2D eigenvalue weighted by Gasteiger charge is 2.04. The van der Waals surface area contributed by atoms with E-state index in [4.69, 9.17) is 10.5 Å². The quantitative estimate of drug-likeness (QED) is 0.338. The van der Waals surface area contributed by atoms with Gasteiger partial charge in [0.05, 0.1) is 6.54 Å². The monoisotopic (exact) mass is 393 g/mol. The molecule has 20 heavy (non-hydrogen) atoms. The summed E-state index contributed by atoms with van der Waals surface area (Å²) in [5, 5.41) is 2.92. The minimum atomic E-state index is -0.323. The van der Waals surface area contributed by atoms with Crippen LogP contribution in [0, 0.1) is 5.82 Å². The summed E-state index contributed by atoms with van der Waals surface area (Å²) in [6.07, 6.45) is -0.188. The predicted octanol–water partition coefficient (Wildman–Crippen LogP) is 2.69. The molecular weight excluding hydrogens is 372 g/mol. The molecule has 1 aromatic rings. The molecule has 1 rings (SSSR count). The van der Waals surface area contributed by atoms with Gasteiger partial charge in [-0.3, -0.25) is 0 Å². The van der Waals surface area contributed by atoms with Crippen LogP contribution in [0.2, 0.25) is 0 Å². The van der Waals surface area contributed by atoms with Gasteiger partial charge in [-0.25, -0.2) is 9.38 Å². The van der Waals surface area contributed by atoms with Gasteiger partial charge in [-0.15, -0.1) is 24.0 Å². The third kappa shape index (κ3) is 7.98. The molecule has 0 radical (unpaired) electrons. The van der Waals surface area contributed by atoms with E-state index in [0.29, 0.717) is 24.8 Å². The van der Waals surface area contributed by atoms with Gasteiger partial charge in [0.15, 0.2) is 5.96 Å². The summed E-state index contributed by atoms with van der Waals surface area (Å²) in [6, 6.07) is 6.01. The van der Waals surface area contributed by atoms with Crippen molar-refractivity contribution in [3.05, 3.63) is 42.2 Å². The maximum absolute atomic E-state index is 13.0. The van der Waals surface area contributed by atoms with Gasteiger partial charge in [0, 0.05) is 12.6 Å². The molecule has 0 spiro atoms. The number of nitrogens with one attached hydrogen (secondary N) is 1. The van der Waals surface area contributed by atoms with E-state index in [-0.39, 0.29) is 35.9 Å². The van der Waals surface area contributed by atoms with Crippen molar-refractivity contribution in [2.75, 3.05) is 13.1 Å². The zero-order chi connectivity index (χ0) is 14.3. The molecule has 112 valence electrons. The third-order valence-electron chi connectivity index (χ3n) is 2.22. The zero-order valence-electron chi connectivity index (χ0n) is 11.7. The second-order valence-electron chi connectivity index (χ2n) is 4.42. The number of guanidine groups is 1. The number of ether oxygens (including phenoxy) is 1. The van der Waals surface area contributed by atoms with Crippen LogP contribution >= 0.6 is 24.0 Å². The van der Waals surface area contributed by atoms with Crippen molar-refractivity contribution < 1.29 is 9.13 Å². The van der Waals surface area contributed by atoms with Gasteiger partial charge in [0.1, 0.15) is 17.7 Å². The van der Waals surface area contributed by atoms with Crippen molar-refractivity contribution >= 4 is 29.9 Å². The molecule has 0 aliphatic rings. The first-order valence-corrected chi connectivity index (χ1v) is 6.07. The summed E-state index contributed by atoms with van der Waals surface area (Å²) in [5.41, 5.74) is 6.64. The average molecular weight is 393 g/mol. The van der Waals surface area contributed by atoms with Crippen molar-refractivity contribution in [2.45, 2.75) is 20.0 Å². The van der Waals surface area contributed by atoms with Crippen molar-refractivity contribution in [2.24, 2.45) is 10.7 Å². The van der Waals surface area contributed by atoms with Gasteiger partial charge in [-0.1, -0.05) is 18.2 Å². The smallest absolute Gasteiger partial charge is 0.188 e. The molecule has 0 saturated heterocycles. The lowest BCUT2D eigenvalue weighted by Gasteiger charge is -2.13. The fourth-order valence-corrected chi connectivity index (χ4v) is 1.33. The van der Waals surface area contributed by atoms with E-state index in [1.807, 2.05) is 13.8 Å². The second kappa shape index (κ2) is 9.57. The SMILES string of the molecule is C=C(C)CNC(N)=NCC(C)Oc1cccc(F)c1.I. The Hall–Kier alpha value is -1.31. The van der Waals surface area contributed by atoms with E-state index >= 15 is 0 Å². The van der Waals surface area contributed by atoms with Gasteiger partial charge in [0.2, 0.25) is 0 Å². The van der Waals surface area contributed by atoms with Gasteiger partial charge < -0.3 is 15.8 Å². The number of nitrogens with two attached hydrogens (primary N) is 1. The fraction of sp³-hybridized carbons (Fsp3) is 0.357. The number of rotatable bonds is 6. The van der Waals surface area contributed by atoms with Crippen molar-refractivity contribution in [1.82, 2.24) is 5.32 Å². The van der Waals surface area contributed by atoms with Crippen molar-refractivity contribution in [1.29, 1.82) is 0 Å². The number of aliphatic imine (C=N–C) groups is 1. The van der Waals surface area contributed by atoms with Crippen LogP contribution in [0.15, 0.2) is 41.4 Å². The Morgan fingerprint density at radius 2 is 2.25 bits per heavy atom. The molecule has 3 N–H and O–H groups in total. The summed E-state index contributed by atoms with van der Waals surface area (Å²) in [7, 11) is 0. The lowest BCUT2D eigenvalue weighted by atomic mass is 10.3. The number of hydrogen-bond donors (Lipinski definition) is 2. The molecule has 1 aromatic carbocycles. The molecule has 1 atom stereocenters. The van der Waals surface area contributed by atoms with Crippen LogP contribution in [0.5, 0.6) is 5.75 Å². The number of nitrogens with zero attached hydrogens (tertiary/aromatic N) is 1. The van der Waals surface area contributed by atoms with Crippen LogP contribution in [0.3, 0.4) is 0 Å². The first-order valence-electron chi connectivity index (χ1n) is 6.07. The summed E-state index contributed by atoms with van der Waals surface area (Å²) in [4.78, 5) is 4.14. The number of benzene rings is 1. The van der Waals surface area contributed by atoms with Crippen LogP contribution in [0.25, 0.3) is 0 Å². The highest BCUT2D eigenvalue weighted by molar-refractivity contribution is 14.0. The topological polar surface area (TPSA) is 59.6 Å². The maximum Gasteiger partial charge on any atom is 0.188 e. The molecule has 0 bridgehead atoms. The minimum Gasteiger partial charge on any atom is -0.489 e. The van der Waals surface area contributed by atoms with Crippen molar-refractivity contribution in [3.8, 4) is 5.75 Å². The first kappa shape index (κ1) is 18.7. The summed E-state index contributed by atoms with van der Waals surface area (Å²) in [5.74, 6) is 0.504. The molecule has 0 heterocycles. The molecule has 0 aliphatic heterocycles. The predicted molar refractivity (Wildman–Crippen MR) is 91.2 cm³/mol. The Kier molecular flexibility index (Phi) is 8.94. The van der Waals surface area contributed by atoms with Crippen molar-refractivity contribution in [3.63, 3.8) is 0 Å². The first-order chi connectivity index (χ1) is 8.97. The Labute approximate surface area is 136 Å². The van der Waals surface area contributed by atoms with E-state index in [1.165, 1.54) is 12.1 Å². The number of halogens is 2. The Morgan fingerprint density at radius 1 is 1.55 bits per heavy atom. The highest BCUT2D eigenvalue weighted by Crippen LogP contribution is 2.13. The van der Waals surface area contributed by atoms with Crippen LogP contribution in [-0.2, 0) is 0 Å². The van der Waals surface area contributed by atoms with E-state index in [2.05, 4.69) is 16.9 Å². The average Bonchev–Trinajstić information content (AvgIpc) is 2.34. The lowest BCUT2D eigenvalue weighted by molar-refractivity contribution is 0.229. The summed E-state index contributed by atoms with van der Waals surface area (Å²) in [6.45, 7) is 8.49. The zero-order valence-corrected chi connectivity index (χ0v) is 14.1. The molecule has 4 nitrogen and oxygen atoms in total. The molecule has 0 saturated carbocycles. The summed E-state index contributed by atoms with van der Waals surface area (Å²) < 4.78 is 18.5. The van der Waals surface area contributed by atoms with Gasteiger partial charge in [-0.2, -0.15) is 0 Å². The van der Waals surface area contributed by atoms with Gasteiger partial charge >= 0.3 is 0 Å². The standard InChI is InChI=1S/C14H20FN3O.HI/c1-10(2)8-17-14(16)18-9-11(3)19-13-6-4-5-12(15)7-13;/h4-7,11H,1,8-9H2,2-3H3,(H3,16,17,18);1H. The highest BCUT2D eigenvalue weighted by atomic mass is 127. The van der Waals surface area contributed by atoms with Gasteiger partial charge in [-0.05, 0) is 26.0 Å². The number of hydrogen-bond acceptors (Lipinski definition) is 2. The maximum atomic E-state index is 13.0. The molecule has 0 fully saturated rings. The van der Waals surface area contributed by atoms with E-state index in [1.54, 1.807) is 12.1 Å². The normalized spacial score (nSPS) is 12.2. The van der Waals surface area contributed by atoms with Gasteiger partial charge in [0.25, 0.3) is 0 Å². The fourth-order valence-electron chi connectivity index (χ4n) is 1.33. The Bertz CT molecular complexity index is 465. The lowest BCUT2D eigenvalue weighted by Crippen LogP contribution is -2.33. The van der Waals surface area contributed by atoms with Crippen LogP contribution in [-0.4, -0.2) is 25.2 Å². The van der Waals surface area contributed by atoms with Crippen LogP contribution in [0.1, 0.15) is 13.8 Å². The Morgan fingerprint density at radius 3 is 2.85 bits per heavy atom. The minimum absolute atomic E-state index is 0. The molecular formula is C14H21FIN3O. The molecule has 6 heteroatoms. The third-order valence-corrected chi connectivity index (χ3v) is 2.22. The van der Waals surface area contributed by atoms with E-state index in [9.17, 15) is 4.39 Å². The molecule has 1 unspecified atom stereocenters. The Balaban J connectivity index is 0.00000361. The van der Waals surface area contributed by atoms with Crippen LogP contribution < -0.4 is 15.8 Å².